The lowest BCUT2D eigenvalue weighted by molar-refractivity contribution is -0.0501. The lowest BCUT2D eigenvalue weighted by atomic mass is 9.96. The molecule has 3 rings (SSSR count). The highest BCUT2D eigenvalue weighted by Crippen LogP contribution is 2.31. The highest BCUT2D eigenvalue weighted by atomic mass is 32.2. The molecule has 0 amide bonds. The second-order valence-electron chi connectivity index (χ2n) is 6.29. The van der Waals surface area contributed by atoms with E-state index >= 15 is 0 Å². The number of aryl methyl sites for hydroxylation is 1. The monoisotopic (exact) mass is 382 g/mol. The number of halogens is 2. The number of hydrogen-bond donors (Lipinski definition) is 0. The van der Waals surface area contributed by atoms with Gasteiger partial charge in [0, 0.05) is 0 Å². The zero-order chi connectivity index (χ0) is 18.5. The largest absolute Gasteiger partial charge is 0.434 e. The molecule has 0 spiro atoms. The molecule has 1 saturated carbocycles. The number of benzene rings is 1. The van der Waals surface area contributed by atoms with Crippen LogP contribution < -0.4 is 4.74 Å². The summed E-state index contributed by atoms with van der Waals surface area (Å²) in [7, 11) is 0. The molecule has 2 aromatic rings. The van der Waals surface area contributed by atoms with Crippen LogP contribution in [0.15, 0.2) is 23.4 Å². The lowest BCUT2D eigenvalue weighted by Crippen LogP contribution is -2.16. The third-order valence-electron chi connectivity index (χ3n) is 4.37. The van der Waals surface area contributed by atoms with Crippen LogP contribution in [0, 0.1) is 6.92 Å². The summed E-state index contributed by atoms with van der Waals surface area (Å²) < 4.78 is 31.4. The van der Waals surface area contributed by atoms with Gasteiger partial charge in [-0.3, -0.25) is 4.79 Å². The normalized spacial score (nSPS) is 15.4. The number of carbonyl (C=O) groups is 1. The van der Waals surface area contributed by atoms with E-state index in [-0.39, 0.29) is 28.9 Å². The fourth-order valence-electron chi connectivity index (χ4n) is 3.10. The maximum absolute atomic E-state index is 12.6. The van der Waals surface area contributed by atoms with Gasteiger partial charge in [-0.05, 0) is 42.3 Å². The Kier molecular flexibility index (Phi) is 6.18. The smallest absolute Gasteiger partial charge is 0.387 e. The average Bonchev–Trinajstić information content (AvgIpc) is 3.10. The molecule has 0 bridgehead atoms. The van der Waals surface area contributed by atoms with Crippen molar-refractivity contribution in [1.82, 2.24) is 20.2 Å². The van der Waals surface area contributed by atoms with E-state index in [1.807, 2.05) is 0 Å². The van der Waals surface area contributed by atoms with E-state index in [0.29, 0.717) is 5.16 Å². The highest BCUT2D eigenvalue weighted by molar-refractivity contribution is 7.99. The molecule has 0 radical (unpaired) electrons. The molecule has 1 aliphatic rings. The van der Waals surface area contributed by atoms with Gasteiger partial charge in [-0.1, -0.05) is 42.7 Å². The first kappa shape index (κ1) is 18.8. The summed E-state index contributed by atoms with van der Waals surface area (Å²) in [6.07, 6.45) is 5.56. The van der Waals surface area contributed by atoms with Crippen LogP contribution in [0.25, 0.3) is 0 Å². The minimum absolute atomic E-state index is 0.0517. The number of thioether (sulfide) groups is 1. The summed E-state index contributed by atoms with van der Waals surface area (Å²) in [6, 6.07) is 4.84. The van der Waals surface area contributed by atoms with Crippen LogP contribution in [0.1, 0.15) is 54.1 Å². The third kappa shape index (κ3) is 4.57. The number of aromatic nitrogens is 4. The van der Waals surface area contributed by atoms with Gasteiger partial charge in [0.25, 0.3) is 0 Å². The van der Waals surface area contributed by atoms with Crippen molar-refractivity contribution in [2.75, 3.05) is 5.75 Å². The van der Waals surface area contributed by atoms with Crippen LogP contribution in [0.4, 0.5) is 8.78 Å². The molecule has 1 aliphatic carbocycles. The minimum Gasteiger partial charge on any atom is -0.434 e. The number of carbonyl (C=O) groups excluding carboxylic acids is 1. The Bertz CT molecular complexity index is 763. The molecule has 1 heterocycles. The molecular weight excluding hydrogens is 362 g/mol. The van der Waals surface area contributed by atoms with Crippen molar-refractivity contribution >= 4 is 17.5 Å². The topological polar surface area (TPSA) is 69.9 Å². The summed E-state index contributed by atoms with van der Waals surface area (Å²) in [6.45, 7) is -1.19. The Morgan fingerprint density at radius 2 is 2.12 bits per heavy atom. The molecule has 1 aromatic heterocycles. The highest BCUT2D eigenvalue weighted by Gasteiger charge is 2.22. The van der Waals surface area contributed by atoms with Crippen LogP contribution in [-0.2, 0) is 0 Å². The van der Waals surface area contributed by atoms with Gasteiger partial charge in [-0.15, -0.1) is 5.10 Å². The Balaban J connectivity index is 1.70. The van der Waals surface area contributed by atoms with Crippen molar-refractivity contribution in [2.24, 2.45) is 0 Å². The molecule has 0 aliphatic heterocycles. The van der Waals surface area contributed by atoms with Crippen LogP contribution in [-0.4, -0.2) is 38.4 Å². The van der Waals surface area contributed by atoms with E-state index < -0.39 is 6.61 Å². The molecule has 1 aromatic carbocycles. The van der Waals surface area contributed by atoms with E-state index in [1.165, 1.54) is 24.2 Å². The van der Waals surface area contributed by atoms with Crippen LogP contribution in [0.3, 0.4) is 0 Å². The van der Waals surface area contributed by atoms with Crippen molar-refractivity contribution in [1.29, 1.82) is 0 Å². The van der Waals surface area contributed by atoms with Crippen LogP contribution >= 0.6 is 11.8 Å². The first-order valence-corrected chi connectivity index (χ1v) is 9.52. The van der Waals surface area contributed by atoms with Gasteiger partial charge in [0.05, 0.1) is 17.4 Å². The lowest BCUT2D eigenvalue weighted by Gasteiger charge is -2.21. The van der Waals surface area contributed by atoms with E-state index in [9.17, 15) is 13.6 Å². The number of ether oxygens (including phenoxy) is 1. The number of rotatable bonds is 7. The Morgan fingerprint density at radius 1 is 1.35 bits per heavy atom. The molecular formula is C17H20F2N4O2S. The predicted molar refractivity (Wildman–Crippen MR) is 92.8 cm³/mol. The minimum atomic E-state index is -2.98. The molecule has 6 nitrogen and oxygen atoms in total. The van der Waals surface area contributed by atoms with Crippen molar-refractivity contribution in [3.8, 4) is 5.75 Å². The maximum atomic E-state index is 12.6. The van der Waals surface area contributed by atoms with Gasteiger partial charge in [0.2, 0.25) is 5.16 Å². The van der Waals surface area contributed by atoms with E-state index in [2.05, 4.69) is 20.3 Å². The summed E-state index contributed by atoms with van der Waals surface area (Å²) in [5.74, 6) is -0.355. The van der Waals surface area contributed by atoms with Crippen LogP contribution in [0.5, 0.6) is 5.75 Å². The molecule has 0 atom stereocenters. The van der Waals surface area contributed by atoms with E-state index in [0.717, 1.165) is 31.2 Å². The number of nitrogens with zero attached hydrogens (tertiary/aromatic N) is 4. The second kappa shape index (κ2) is 8.57. The summed E-state index contributed by atoms with van der Waals surface area (Å²) in [4.78, 5) is 12.6. The van der Waals surface area contributed by atoms with Gasteiger partial charge in [0.15, 0.2) is 5.78 Å². The van der Waals surface area contributed by atoms with Gasteiger partial charge < -0.3 is 4.74 Å². The summed E-state index contributed by atoms with van der Waals surface area (Å²) in [5, 5.41) is 12.4. The SMILES string of the molecule is Cc1ccc(OC(F)F)c(C(=O)CSc2nnnn2C2CCCCC2)c1. The average molecular weight is 382 g/mol. The number of alkyl halides is 2. The first-order valence-electron chi connectivity index (χ1n) is 8.54. The first-order chi connectivity index (χ1) is 12.5. The molecule has 0 N–H and O–H groups in total. The summed E-state index contributed by atoms with van der Waals surface area (Å²) >= 11 is 1.22. The maximum Gasteiger partial charge on any atom is 0.387 e. The van der Waals surface area contributed by atoms with E-state index in [1.54, 1.807) is 23.7 Å². The van der Waals surface area contributed by atoms with Gasteiger partial charge in [-0.25, -0.2) is 4.68 Å². The van der Waals surface area contributed by atoms with E-state index in [4.69, 9.17) is 0 Å². The van der Waals surface area contributed by atoms with Crippen molar-refractivity contribution in [3.63, 3.8) is 0 Å². The van der Waals surface area contributed by atoms with Gasteiger partial charge in [0.1, 0.15) is 5.75 Å². The second-order valence-corrected chi connectivity index (χ2v) is 7.23. The third-order valence-corrected chi connectivity index (χ3v) is 5.30. The molecule has 0 unspecified atom stereocenters. The molecule has 26 heavy (non-hydrogen) atoms. The van der Waals surface area contributed by atoms with Crippen molar-refractivity contribution in [3.05, 3.63) is 29.3 Å². The standard InChI is InChI=1S/C17H20F2N4O2S/c1-11-7-8-15(25-16(18)19)13(9-11)14(24)10-26-17-20-21-22-23(17)12-5-3-2-4-6-12/h7-9,12,16H,2-6,10H2,1H3. The quantitative estimate of drug-likeness (QED) is 0.531. The number of ketones is 1. The molecule has 9 heteroatoms. The fourth-order valence-corrected chi connectivity index (χ4v) is 3.93. The van der Waals surface area contributed by atoms with Crippen LogP contribution in [0.2, 0.25) is 0 Å². The predicted octanol–water partition coefficient (Wildman–Crippen LogP) is 4.06. The summed E-state index contributed by atoms with van der Waals surface area (Å²) in [5.41, 5.74) is 0.946. The molecule has 1 fully saturated rings. The van der Waals surface area contributed by atoms with Crippen molar-refractivity contribution in [2.45, 2.75) is 56.8 Å². The fraction of sp³-hybridized carbons (Fsp3) is 0.529. The number of Topliss-reactive ketones (excluding diaryl/α,β-unsaturated/α-hetero) is 1. The van der Waals surface area contributed by atoms with Crippen molar-refractivity contribution < 1.29 is 18.3 Å². The zero-order valence-electron chi connectivity index (χ0n) is 14.4. The Hall–Kier alpha value is -2.03. The van der Waals surface area contributed by atoms with Gasteiger partial charge >= 0.3 is 6.61 Å². The zero-order valence-corrected chi connectivity index (χ0v) is 15.2. The van der Waals surface area contributed by atoms with Gasteiger partial charge in [-0.2, -0.15) is 8.78 Å². The molecule has 0 saturated heterocycles. The number of hydrogen-bond acceptors (Lipinski definition) is 6. The molecule has 140 valence electrons. The Morgan fingerprint density at radius 3 is 2.85 bits per heavy atom. The number of tetrazole rings is 1. The Labute approximate surface area is 154 Å².